The first-order chi connectivity index (χ1) is 13.5. The quantitative estimate of drug-likeness (QED) is 0.617. The second-order valence-electron chi connectivity index (χ2n) is 8.62. The molecule has 0 radical (unpaired) electrons. The Morgan fingerprint density at radius 2 is 1.32 bits per heavy atom. The molecule has 2 aliphatic carbocycles. The summed E-state index contributed by atoms with van der Waals surface area (Å²) in [6, 6.07) is 17.0. The minimum Gasteiger partial charge on any atom is -0.396 e. The molecule has 0 aliphatic heterocycles. The maximum absolute atomic E-state index is 9.15. The molecular weight excluding hydrogens is 348 g/mol. The predicted molar refractivity (Wildman–Crippen MR) is 114 cm³/mol. The highest BCUT2D eigenvalue weighted by atomic mass is 16.3. The fraction of sp³-hybridized carbons (Fsp3) is 0.500. The lowest BCUT2D eigenvalue weighted by molar-refractivity contribution is 0.264. The molecule has 152 valence electrons. The normalized spacial score (nSPS) is 30.4. The summed E-state index contributed by atoms with van der Waals surface area (Å²) in [6.45, 7) is 5.96. The molecule has 0 bridgehead atoms. The van der Waals surface area contributed by atoms with E-state index in [9.17, 15) is 0 Å². The number of hydrogen-bond donors (Lipinski definition) is 4. The molecule has 0 spiro atoms. The minimum absolute atomic E-state index is 0.0702. The van der Waals surface area contributed by atoms with E-state index in [0.717, 1.165) is 12.8 Å². The summed E-state index contributed by atoms with van der Waals surface area (Å²) in [7, 11) is 0. The van der Waals surface area contributed by atoms with Gasteiger partial charge in [-0.25, -0.2) is 0 Å². The van der Waals surface area contributed by atoms with Crippen LogP contribution in [0, 0.1) is 25.7 Å². The number of nitrogens with two attached hydrogens (primary N) is 2. The van der Waals surface area contributed by atoms with Crippen LogP contribution in [-0.4, -0.2) is 36.5 Å². The first-order valence-electron chi connectivity index (χ1n) is 10.2. The van der Waals surface area contributed by atoms with Gasteiger partial charge in [0.15, 0.2) is 0 Å². The Kier molecular flexibility index (Phi) is 6.25. The van der Waals surface area contributed by atoms with Crippen LogP contribution in [0.5, 0.6) is 0 Å². The van der Waals surface area contributed by atoms with Gasteiger partial charge in [-0.2, -0.15) is 0 Å². The summed E-state index contributed by atoms with van der Waals surface area (Å²) in [5.74, 6) is 0.740. The van der Waals surface area contributed by atoms with E-state index < -0.39 is 0 Å². The summed E-state index contributed by atoms with van der Waals surface area (Å²) < 4.78 is 0. The molecule has 2 aromatic rings. The molecule has 0 heterocycles. The van der Waals surface area contributed by atoms with Crippen molar-refractivity contribution in [3.63, 3.8) is 0 Å². The average Bonchev–Trinajstić information content (AvgIpc) is 3.62. The van der Waals surface area contributed by atoms with E-state index in [0.29, 0.717) is 24.9 Å². The Labute approximate surface area is 168 Å². The second kappa shape index (κ2) is 8.34. The van der Waals surface area contributed by atoms with E-state index in [2.05, 4.69) is 62.4 Å². The maximum Gasteiger partial charge on any atom is 0.0468 e. The molecule has 2 aromatic carbocycles. The molecule has 4 heteroatoms. The predicted octanol–water partition coefficient (Wildman–Crippen LogP) is 2.41. The zero-order valence-corrected chi connectivity index (χ0v) is 17.1. The van der Waals surface area contributed by atoms with Crippen LogP contribution in [0.25, 0.3) is 0 Å². The summed E-state index contributed by atoms with van der Waals surface area (Å²) in [6.07, 6.45) is 2.06. The van der Waals surface area contributed by atoms with Crippen molar-refractivity contribution in [3.8, 4) is 0 Å². The molecule has 2 aliphatic rings. The highest BCUT2D eigenvalue weighted by Gasteiger charge is 2.54. The van der Waals surface area contributed by atoms with Crippen molar-refractivity contribution in [1.82, 2.24) is 0 Å². The van der Waals surface area contributed by atoms with Gasteiger partial charge in [0.2, 0.25) is 0 Å². The van der Waals surface area contributed by atoms with Gasteiger partial charge in [0.1, 0.15) is 0 Å². The van der Waals surface area contributed by atoms with Gasteiger partial charge >= 0.3 is 0 Å². The minimum atomic E-state index is 0.0702. The topological polar surface area (TPSA) is 92.5 Å². The molecule has 0 saturated heterocycles. The van der Waals surface area contributed by atoms with Crippen LogP contribution in [0.4, 0.5) is 0 Å². The van der Waals surface area contributed by atoms with Gasteiger partial charge in [0.25, 0.3) is 0 Å². The lowest BCUT2D eigenvalue weighted by Gasteiger charge is -2.15. The highest BCUT2D eigenvalue weighted by Crippen LogP contribution is 2.53. The van der Waals surface area contributed by atoms with Crippen molar-refractivity contribution in [2.75, 3.05) is 26.3 Å². The van der Waals surface area contributed by atoms with Crippen molar-refractivity contribution in [2.24, 2.45) is 23.3 Å². The Balaban J connectivity index is 0.000000161. The monoisotopic (exact) mass is 382 g/mol. The molecule has 4 atom stereocenters. The molecular formula is C24H34N2O2. The van der Waals surface area contributed by atoms with E-state index in [1.54, 1.807) is 0 Å². The van der Waals surface area contributed by atoms with E-state index in [-0.39, 0.29) is 24.0 Å². The lowest BCUT2D eigenvalue weighted by Crippen LogP contribution is -2.23. The van der Waals surface area contributed by atoms with Gasteiger partial charge in [0, 0.05) is 37.1 Å². The van der Waals surface area contributed by atoms with Gasteiger partial charge < -0.3 is 21.7 Å². The lowest BCUT2D eigenvalue weighted by atomic mass is 9.92. The molecule has 4 nitrogen and oxygen atoms in total. The van der Waals surface area contributed by atoms with E-state index in [4.69, 9.17) is 21.7 Å². The van der Waals surface area contributed by atoms with Crippen LogP contribution >= 0.6 is 0 Å². The van der Waals surface area contributed by atoms with Gasteiger partial charge in [-0.3, -0.25) is 0 Å². The Morgan fingerprint density at radius 1 is 0.786 bits per heavy atom. The zero-order chi connectivity index (χ0) is 20.4. The Morgan fingerprint density at radius 3 is 1.75 bits per heavy atom. The first kappa shape index (κ1) is 21.0. The molecule has 2 fully saturated rings. The van der Waals surface area contributed by atoms with Crippen LogP contribution in [0.3, 0.4) is 0 Å². The fourth-order valence-electron chi connectivity index (χ4n) is 4.52. The Bertz CT molecular complexity index is 791. The van der Waals surface area contributed by atoms with E-state index >= 15 is 0 Å². The van der Waals surface area contributed by atoms with Gasteiger partial charge in [-0.05, 0) is 49.7 Å². The number of aryl methyl sites for hydroxylation is 2. The molecule has 2 saturated carbocycles. The van der Waals surface area contributed by atoms with Gasteiger partial charge in [-0.1, -0.05) is 59.7 Å². The molecule has 0 unspecified atom stereocenters. The zero-order valence-electron chi connectivity index (χ0n) is 17.1. The average molecular weight is 383 g/mol. The summed E-state index contributed by atoms with van der Waals surface area (Å²) in [5.41, 5.74) is 16.8. The first-order valence-corrected chi connectivity index (χ1v) is 10.2. The maximum atomic E-state index is 9.15. The van der Waals surface area contributed by atoms with Crippen molar-refractivity contribution in [1.29, 1.82) is 0 Å². The highest BCUT2D eigenvalue weighted by molar-refractivity contribution is 5.37. The van der Waals surface area contributed by atoms with E-state index in [1.807, 2.05) is 0 Å². The van der Waals surface area contributed by atoms with E-state index in [1.165, 1.54) is 22.3 Å². The van der Waals surface area contributed by atoms with Crippen molar-refractivity contribution in [3.05, 3.63) is 70.8 Å². The van der Waals surface area contributed by atoms with Crippen LogP contribution < -0.4 is 11.5 Å². The molecule has 0 amide bonds. The second-order valence-corrected chi connectivity index (χ2v) is 8.62. The number of benzene rings is 2. The number of aliphatic hydroxyl groups excluding tert-OH is 2. The summed E-state index contributed by atoms with van der Waals surface area (Å²) in [5, 5.41) is 18.3. The van der Waals surface area contributed by atoms with Gasteiger partial charge in [-0.15, -0.1) is 0 Å². The number of rotatable bonds is 6. The van der Waals surface area contributed by atoms with Crippen molar-refractivity contribution >= 4 is 0 Å². The molecule has 28 heavy (non-hydrogen) atoms. The van der Waals surface area contributed by atoms with Crippen LogP contribution in [-0.2, 0) is 10.8 Å². The molecule has 4 rings (SSSR count). The fourth-order valence-corrected chi connectivity index (χ4v) is 4.52. The van der Waals surface area contributed by atoms with Crippen LogP contribution in [0.2, 0.25) is 0 Å². The summed E-state index contributed by atoms with van der Waals surface area (Å²) >= 11 is 0. The standard InChI is InChI=1S/2C12H17NO/c1-9-2-4-10(5-3-9)12(8-13)6-11(12)7-14;1-9-3-2-4-10(5-9)12(8-13)6-11(12)7-14/h2*2-5,11,14H,6-8,13H2,1H3/t11-,12+;11-,12-/m11/s1. The van der Waals surface area contributed by atoms with Crippen LogP contribution in [0.15, 0.2) is 48.5 Å². The number of hydrogen-bond acceptors (Lipinski definition) is 4. The summed E-state index contributed by atoms with van der Waals surface area (Å²) in [4.78, 5) is 0. The number of aliphatic hydroxyl groups is 2. The third-order valence-electron chi connectivity index (χ3n) is 6.85. The van der Waals surface area contributed by atoms with Crippen LogP contribution in [0.1, 0.15) is 35.1 Å². The van der Waals surface area contributed by atoms with Crippen molar-refractivity contribution < 1.29 is 10.2 Å². The third-order valence-corrected chi connectivity index (χ3v) is 6.85. The Hall–Kier alpha value is -1.72. The van der Waals surface area contributed by atoms with Gasteiger partial charge in [0.05, 0.1) is 0 Å². The largest absolute Gasteiger partial charge is 0.396 e. The third kappa shape index (κ3) is 3.87. The smallest absolute Gasteiger partial charge is 0.0468 e. The SMILES string of the molecule is Cc1ccc([C@@]2(CN)C[C@@H]2CO)cc1.Cc1cccc([C@]2(CN)C[C@@H]2CO)c1. The molecule has 0 aromatic heterocycles. The molecule has 6 N–H and O–H groups in total. The van der Waals surface area contributed by atoms with Crippen molar-refractivity contribution in [2.45, 2.75) is 37.5 Å².